The normalized spacial score (nSPS) is 23.0. The van der Waals surface area contributed by atoms with Gasteiger partial charge < -0.3 is 9.47 Å². The number of aromatic nitrogens is 2. The maximum Gasteiger partial charge on any atom is 0.0985 e. The SMILES string of the molecule is Cc1nc(COC[C@@H]2CCOC23CN(Cc2scnc2C)C3)cs1. The molecule has 0 bridgehead atoms. The summed E-state index contributed by atoms with van der Waals surface area (Å²) in [6.07, 6.45) is 1.10. The second kappa shape index (κ2) is 6.80. The van der Waals surface area contributed by atoms with E-state index in [0.717, 1.165) is 55.7 Å². The van der Waals surface area contributed by atoms with E-state index in [1.165, 1.54) is 4.88 Å². The van der Waals surface area contributed by atoms with E-state index in [9.17, 15) is 0 Å². The lowest BCUT2D eigenvalue weighted by molar-refractivity contribution is -0.146. The first-order chi connectivity index (χ1) is 11.6. The summed E-state index contributed by atoms with van der Waals surface area (Å²) in [7, 11) is 0. The average molecular weight is 366 g/mol. The van der Waals surface area contributed by atoms with Crippen molar-refractivity contribution in [1.82, 2.24) is 14.9 Å². The first-order valence-electron chi connectivity index (χ1n) is 8.39. The van der Waals surface area contributed by atoms with E-state index in [1.54, 1.807) is 22.7 Å². The van der Waals surface area contributed by atoms with Gasteiger partial charge in [-0.15, -0.1) is 22.7 Å². The Morgan fingerprint density at radius 2 is 2.25 bits per heavy atom. The zero-order valence-corrected chi connectivity index (χ0v) is 15.8. The van der Waals surface area contributed by atoms with Gasteiger partial charge in [0.05, 0.1) is 40.7 Å². The number of nitrogens with zero attached hydrogens (tertiary/aromatic N) is 3. The van der Waals surface area contributed by atoms with E-state index in [4.69, 9.17) is 9.47 Å². The quantitative estimate of drug-likeness (QED) is 0.787. The molecule has 0 amide bonds. The fraction of sp³-hybridized carbons (Fsp3) is 0.647. The van der Waals surface area contributed by atoms with Crippen LogP contribution in [0.5, 0.6) is 0 Å². The molecule has 1 spiro atoms. The second-order valence-electron chi connectivity index (χ2n) is 6.78. The molecule has 2 saturated heterocycles. The van der Waals surface area contributed by atoms with Gasteiger partial charge in [-0.05, 0) is 20.3 Å². The molecule has 2 aliphatic heterocycles. The Balaban J connectivity index is 1.27. The van der Waals surface area contributed by atoms with Crippen molar-refractivity contribution in [3.63, 3.8) is 0 Å². The highest BCUT2D eigenvalue weighted by atomic mass is 32.1. The molecule has 0 N–H and O–H groups in total. The summed E-state index contributed by atoms with van der Waals surface area (Å²) in [6.45, 7) is 9.36. The monoisotopic (exact) mass is 365 g/mol. The van der Waals surface area contributed by atoms with Gasteiger partial charge in [0.2, 0.25) is 0 Å². The van der Waals surface area contributed by atoms with E-state index < -0.39 is 0 Å². The van der Waals surface area contributed by atoms with Crippen LogP contribution in [0, 0.1) is 19.8 Å². The maximum atomic E-state index is 6.13. The second-order valence-corrected chi connectivity index (χ2v) is 8.78. The minimum Gasteiger partial charge on any atom is -0.375 e. The standard InChI is InChI=1S/C17H23N3O2S2/c1-12-16(24-11-18-12)5-20-9-17(10-20)14(3-4-22-17)6-21-7-15-8-23-13(2)19-15/h8,11,14H,3-7,9-10H2,1-2H3/t14-/m0/s1. The van der Waals surface area contributed by atoms with E-state index in [1.807, 2.05) is 12.4 Å². The van der Waals surface area contributed by atoms with E-state index in [0.29, 0.717) is 12.5 Å². The highest BCUT2D eigenvalue weighted by Crippen LogP contribution is 2.41. The molecular formula is C17H23N3O2S2. The van der Waals surface area contributed by atoms with Gasteiger partial charge in [0, 0.05) is 42.4 Å². The maximum absolute atomic E-state index is 6.13. The van der Waals surface area contributed by atoms with Crippen LogP contribution in [0.2, 0.25) is 0 Å². The van der Waals surface area contributed by atoms with Crippen molar-refractivity contribution < 1.29 is 9.47 Å². The third-order valence-corrected chi connectivity index (χ3v) is 6.77. The number of hydrogen-bond donors (Lipinski definition) is 0. The van der Waals surface area contributed by atoms with E-state index >= 15 is 0 Å². The molecule has 4 rings (SSSR count). The summed E-state index contributed by atoms with van der Waals surface area (Å²) >= 11 is 3.43. The van der Waals surface area contributed by atoms with Gasteiger partial charge in [-0.3, -0.25) is 4.90 Å². The molecule has 2 aliphatic rings. The van der Waals surface area contributed by atoms with Crippen LogP contribution in [-0.4, -0.2) is 46.8 Å². The van der Waals surface area contributed by atoms with Crippen molar-refractivity contribution >= 4 is 22.7 Å². The smallest absolute Gasteiger partial charge is 0.0985 e. The molecule has 7 heteroatoms. The molecule has 5 nitrogen and oxygen atoms in total. The van der Waals surface area contributed by atoms with Gasteiger partial charge in [0.1, 0.15) is 0 Å². The topological polar surface area (TPSA) is 47.5 Å². The summed E-state index contributed by atoms with van der Waals surface area (Å²) in [4.78, 5) is 12.6. The van der Waals surface area contributed by atoms with Crippen molar-refractivity contribution in [1.29, 1.82) is 0 Å². The Bertz CT molecular complexity index is 694. The van der Waals surface area contributed by atoms with Gasteiger partial charge in [0.25, 0.3) is 0 Å². The third-order valence-electron chi connectivity index (χ3n) is 5.03. The van der Waals surface area contributed by atoms with Crippen LogP contribution in [0.3, 0.4) is 0 Å². The molecule has 0 radical (unpaired) electrons. The fourth-order valence-corrected chi connectivity index (χ4v) is 5.07. The predicted octanol–water partition coefficient (Wildman–Crippen LogP) is 3.02. The third kappa shape index (κ3) is 3.28. The first kappa shape index (κ1) is 16.6. The molecular weight excluding hydrogens is 342 g/mol. The Morgan fingerprint density at radius 1 is 1.38 bits per heavy atom. The van der Waals surface area contributed by atoms with Crippen LogP contribution < -0.4 is 0 Å². The highest BCUT2D eigenvalue weighted by molar-refractivity contribution is 7.09. The van der Waals surface area contributed by atoms with Crippen LogP contribution >= 0.6 is 22.7 Å². The fourth-order valence-electron chi connectivity index (χ4n) is 3.65. The number of aryl methyl sites for hydroxylation is 2. The molecule has 2 fully saturated rings. The lowest BCUT2D eigenvalue weighted by atomic mass is 9.81. The van der Waals surface area contributed by atoms with Crippen LogP contribution in [-0.2, 0) is 22.6 Å². The molecule has 2 aromatic rings. The van der Waals surface area contributed by atoms with Crippen molar-refractivity contribution in [2.24, 2.45) is 5.92 Å². The van der Waals surface area contributed by atoms with Gasteiger partial charge >= 0.3 is 0 Å². The van der Waals surface area contributed by atoms with Gasteiger partial charge in [0.15, 0.2) is 0 Å². The average Bonchev–Trinajstić information content (AvgIpc) is 3.22. The minimum absolute atomic E-state index is 0.0105. The molecule has 4 heterocycles. The largest absolute Gasteiger partial charge is 0.375 e. The molecule has 0 aliphatic carbocycles. The van der Waals surface area contributed by atoms with Gasteiger partial charge in [-0.1, -0.05) is 0 Å². The number of rotatable bonds is 6. The lowest BCUT2D eigenvalue weighted by Gasteiger charge is -2.50. The molecule has 0 aromatic carbocycles. The number of hydrogen-bond acceptors (Lipinski definition) is 7. The van der Waals surface area contributed by atoms with Gasteiger partial charge in [-0.25, -0.2) is 9.97 Å². The molecule has 2 aromatic heterocycles. The Morgan fingerprint density at radius 3 is 2.96 bits per heavy atom. The first-order valence-corrected chi connectivity index (χ1v) is 10.1. The lowest BCUT2D eigenvalue weighted by Crippen LogP contribution is -2.64. The Hall–Kier alpha value is -0.860. The van der Waals surface area contributed by atoms with Crippen LogP contribution in [0.15, 0.2) is 10.9 Å². The summed E-state index contributed by atoms with van der Waals surface area (Å²) in [5.41, 5.74) is 4.15. The van der Waals surface area contributed by atoms with Crippen molar-refractivity contribution in [3.05, 3.63) is 32.2 Å². The van der Waals surface area contributed by atoms with Crippen LogP contribution in [0.25, 0.3) is 0 Å². The van der Waals surface area contributed by atoms with Crippen LogP contribution in [0.4, 0.5) is 0 Å². The summed E-state index contributed by atoms with van der Waals surface area (Å²) in [5, 5.41) is 3.18. The molecule has 1 atom stereocenters. The number of thiazole rings is 2. The number of ether oxygens (including phenoxy) is 2. The highest BCUT2D eigenvalue weighted by Gasteiger charge is 2.52. The number of likely N-dealkylation sites (tertiary alicyclic amines) is 1. The zero-order chi connectivity index (χ0) is 16.6. The molecule has 0 unspecified atom stereocenters. The van der Waals surface area contributed by atoms with Crippen molar-refractivity contribution in [2.75, 3.05) is 26.3 Å². The summed E-state index contributed by atoms with van der Waals surface area (Å²) < 4.78 is 12.1. The zero-order valence-electron chi connectivity index (χ0n) is 14.2. The summed E-state index contributed by atoms with van der Waals surface area (Å²) in [6, 6.07) is 0. The summed E-state index contributed by atoms with van der Waals surface area (Å²) in [5.74, 6) is 0.496. The Labute approximate surface area is 150 Å². The molecule has 24 heavy (non-hydrogen) atoms. The van der Waals surface area contributed by atoms with E-state index in [-0.39, 0.29) is 5.60 Å². The van der Waals surface area contributed by atoms with Crippen LogP contribution in [0.1, 0.15) is 27.7 Å². The van der Waals surface area contributed by atoms with E-state index in [2.05, 4.69) is 27.2 Å². The molecule has 130 valence electrons. The van der Waals surface area contributed by atoms with Crippen molar-refractivity contribution in [3.8, 4) is 0 Å². The predicted molar refractivity (Wildman–Crippen MR) is 95.4 cm³/mol. The van der Waals surface area contributed by atoms with Gasteiger partial charge in [-0.2, -0.15) is 0 Å². The minimum atomic E-state index is 0.0105. The molecule has 0 saturated carbocycles. The van der Waals surface area contributed by atoms with Crippen molar-refractivity contribution in [2.45, 2.75) is 39.0 Å². The Kier molecular flexibility index (Phi) is 4.70.